The minimum absolute atomic E-state index is 0.0355. The molecule has 0 unspecified atom stereocenters. The number of pyridine rings is 1. The number of hydrogen-bond donors (Lipinski definition) is 2. The smallest absolute Gasteiger partial charge is 0.256 e. The number of piperidine rings is 1. The zero-order chi connectivity index (χ0) is 26.4. The number of hydrogen-bond acceptors (Lipinski definition) is 7. The molecule has 0 aromatic carbocycles. The number of anilines is 2. The highest BCUT2D eigenvalue weighted by Crippen LogP contribution is 2.33. The number of rotatable bonds is 6. The molecule has 4 aromatic heterocycles. The minimum atomic E-state index is -2.61. The highest BCUT2D eigenvalue weighted by atomic mass is 19.3. The van der Waals surface area contributed by atoms with Crippen molar-refractivity contribution in [3.8, 4) is 11.3 Å². The van der Waals surface area contributed by atoms with E-state index in [-0.39, 0.29) is 46.6 Å². The molecule has 37 heavy (non-hydrogen) atoms. The van der Waals surface area contributed by atoms with Gasteiger partial charge in [0.2, 0.25) is 11.9 Å². The van der Waals surface area contributed by atoms with Crippen LogP contribution in [0.2, 0.25) is 0 Å². The maximum absolute atomic E-state index is 15.3. The SMILES string of the molecule is CNc1nc(N[C@H]2CCN(C(C)=O)C[C@H]2F)nn2cc(F)c(-c3ccc4nc(C)n(CC(F)F)c4n3)c12. The number of nitrogens with zero attached hydrogens (tertiary/aromatic N) is 7. The number of amides is 1. The first-order valence-corrected chi connectivity index (χ1v) is 11.7. The molecule has 1 fully saturated rings. The molecule has 1 saturated heterocycles. The summed E-state index contributed by atoms with van der Waals surface area (Å²) in [5.41, 5.74) is 1.18. The van der Waals surface area contributed by atoms with Crippen LogP contribution >= 0.6 is 0 Å². The molecule has 0 spiro atoms. The van der Waals surface area contributed by atoms with E-state index in [1.54, 1.807) is 26.1 Å². The Morgan fingerprint density at radius 2 is 2.03 bits per heavy atom. The van der Waals surface area contributed by atoms with Gasteiger partial charge in [-0.05, 0) is 25.5 Å². The summed E-state index contributed by atoms with van der Waals surface area (Å²) in [6, 6.07) is 2.53. The lowest BCUT2D eigenvalue weighted by molar-refractivity contribution is -0.131. The number of likely N-dealkylation sites (tertiary alicyclic amines) is 1. The van der Waals surface area contributed by atoms with Crippen LogP contribution in [0.4, 0.5) is 29.3 Å². The van der Waals surface area contributed by atoms with E-state index in [1.165, 1.54) is 20.9 Å². The van der Waals surface area contributed by atoms with Crippen molar-refractivity contribution in [1.29, 1.82) is 0 Å². The van der Waals surface area contributed by atoms with Gasteiger partial charge in [0.05, 0.1) is 36.6 Å². The van der Waals surface area contributed by atoms with Gasteiger partial charge in [-0.25, -0.2) is 32.0 Å². The Bertz CT molecular complexity index is 1480. The van der Waals surface area contributed by atoms with Crippen LogP contribution in [0.3, 0.4) is 0 Å². The largest absolute Gasteiger partial charge is 0.371 e. The quantitative estimate of drug-likeness (QED) is 0.377. The van der Waals surface area contributed by atoms with E-state index in [0.717, 1.165) is 6.20 Å². The second-order valence-electron chi connectivity index (χ2n) is 8.90. The van der Waals surface area contributed by atoms with Crippen LogP contribution < -0.4 is 10.6 Å². The molecular weight excluding hydrogens is 494 g/mol. The standard InChI is InChI=1S/C23H25F4N9O/c1-11-29-17-5-4-16(30-22(17)35(11)10-18(26)27)19-14(25)9-36-20(19)21(28-3)32-23(33-36)31-15-6-7-34(12(2)37)8-13(15)24/h4-5,9,13,15,18H,6-8,10H2,1-3H3,(H2,28,31,32,33)/t13-,15+/m1/s1. The summed E-state index contributed by atoms with van der Waals surface area (Å²) in [5.74, 6) is -0.128. The van der Waals surface area contributed by atoms with Crippen molar-refractivity contribution in [3.63, 3.8) is 0 Å². The molecule has 1 aliphatic rings. The molecule has 2 atom stereocenters. The van der Waals surface area contributed by atoms with Gasteiger partial charge in [-0.3, -0.25) is 4.79 Å². The summed E-state index contributed by atoms with van der Waals surface area (Å²) in [5, 5.41) is 10.2. The molecule has 0 aliphatic carbocycles. The molecule has 1 amide bonds. The van der Waals surface area contributed by atoms with Gasteiger partial charge in [-0.2, -0.15) is 4.98 Å². The van der Waals surface area contributed by atoms with Gasteiger partial charge in [-0.15, -0.1) is 5.10 Å². The molecule has 4 aromatic rings. The number of halogens is 4. The summed E-state index contributed by atoms with van der Waals surface area (Å²) < 4.78 is 58.8. The summed E-state index contributed by atoms with van der Waals surface area (Å²) in [6.07, 6.45) is -2.43. The fraction of sp³-hybridized carbons (Fsp3) is 0.435. The monoisotopic (exact) mass is 519 g/mol. The Kier molecular flexibility index (Phi) is 6.33. The first-order valence-electron chi connectivity index (χ1n) is 11.7. The molecule has 5 rings (SSSR count). The van der Waals surface area contributed by atoms with Gasteiger partial charge in [0.25, 0.3) is 6.43 Å². The van der Waals surface area contributed by atoms with Crippen molar-refractivity contribution in [2.45, 2.75) is 45.5 Å². The first-order chi connectivity index (χ1) is 17.7. The Labute approximate surface area is 208 Å². The molecular formula is C23H25F4N9O. The summed E-state index contributed by atoms with van der Waals surface area (Å²) in [4.78, 5) is 26.1. The average Bonchev–Trinajstić information content (AvgIpc) is 3.34. The predicted molar refractivity (Wildman–Crippen MR) is 129 cm³/mol. The first kappa shape index (κ1) is 24.7. The zero-order valence-electron chi connectivity index (χ0n) is 20.3. The van der Waals surface area contributed by atoms with Crippen LogP contribution in [0.1, 0.15) is 19.2 Å². The summed E-state index contributed by atoms with van der Waals surface area (Å²) in [7, 11) is 1.60. The molecule has 14 heteroatoms. The lowest BCUT2D eigenvalue weighted by atomic mass is 10.0. The third-order valence-electron chi connectivity index (χ3n) is 6.48. The Balaban J connectivity index is 1.53. The maximum Gasteiger partial charge on any atom is 0.256 e. The number of nitrogens with one attached hydrogen (secondary N) is 2. The highest BCUT2D eigenvalue weighted by molar-refractivity contribution is 5.89. The topological polar surface area (TPSA) is 105 Å². The summed E-state index contributed by atoms with van der Waals surface area (Å²) in [6.45, 7) is 2.78. The molecule has 2 N–H and O–H groups in total. The van der Waals surface area contributed by atoms with E-state index in [2.05, 4.69) is 30.7 Å². The van der Waals surface area contributed by atoms with Crippen molar-refractivity contribution >= 4 is 34.4 Å². The van der Waals surface area contributed by atoms with E-state index >= 15 is 4.39 Å². The van der Waals surface area contributed by atoms with Gasteiger partial charge in [0.15, 0.2) is 17.3 Å². The fourth-order valence-electron chi connectivity index (χ4n) is 4.66. The highest BCUT2D eigenvalue weighted by Gasteiger charge is 2.31. The number of alkyl halides is 3. The normalized spacial score (nSPS) is 18.2. The van der Waals surface area contributed by atoms with Gasteiger partial charge >= 0.3 is 0 Å². The number of carbonyl (C=O) groups is 1. The Hall–Kier alpha value is -3.97. The number of carbonyl (C=O) groups excluding carboxylic acids is 1. The molecule has 10 nitrogen and oxygen atoms in total. The van der Waals surface area contributed by atoms with Crippen LogP contribution in [0.5, 0.6) is 0 Å². The van der Waals surface area contributed by atoms with E-state index in [0.29, 0.717) is 24.3 Å². The average molecular weight is 520 g/mol. The lowest BCUT2D eigenvalue weighted by Crippen LogP contribution is -2.49. The van der Waals surface area contributed by atoms with Gasteiger partial charge < -0.3 is 20.1 Å². The van der Waals surface area contributed by atoms with Gasteiger partial charge in [-0.1, -0.05) is 0 Å². The molecule has 0 saturated carbocycles. The molecule has 0 bridgehead atoms. The Morgan fingerprint density at radius 1 is 1.24 bits per heavy atom. The summed E-state index contributed by atoms with van der Waals surface area (Å²) >= 11 is 0. The van der Waals surface area contributed by atoms with E-state index in [4.69, 9.17) is 0 Å². The third-order valence-corrected chi connectivity index (χ3v) is 6.48. The van der Waals surface area contributed by atoms with Crippen molar-refractivity contribution in [1.82, 2.24) is 34.0 Å². The van der Waals surface area contributed by atoms with Crippen LogP contribution in [-0.2, 0) is 11.3 Å². The number of aromatic nitrogens is 6. The maximum atomic E-state index is 15.3. The van der Waals surface area contributed by atoms with Crippen LogP contribution in [-0.4, -0.2) is 78.7 Å². The fourth-order valence-corrected chi connectivity index (χ4v) is 4.66. The van der Waals surface area contributed by atoms with Crippen molar-refractivity contribution in [2.75, 3.05) is 30.8 Å². The molecule has 196 valence electrons. The second kappa shape index (κ2) is 9.48. The number of fused-ring (bicyclic) bond motifs is 2. The predicted octanol–water partition coefficient (Wildman–Crippen LogP) is 3.27. The Morgan fingerprint density at radius 3 is 2.70 bits per heavy atom. The van der Waals surface area contributed by atoms with Gasteiger partial charge in [0.1, 0.15) is 23.0 Å². The number of aryl methyl sites for hydroxylation is 1. The zero-order valence-corrected chi connectivity index (χ0v) is 20.3. The van der Waals surface area contributed by atoms with Crippen molar-refractivity contribution in [3.05, 3.63) is 30.0 Å². The van der Waals surface area contributed by atoms with Crippen LogP contribution in [0.15, 0.2) is 18.3 Å². The van der Waals surface area contributed by atoms with Crippen molar-refractivity contribution in [2.24, 2.45) is 0 Å². The van der Waals surface area contributed by atoms with Crippen LogP contribution in [0.25, 0.3) is 27.9 Å². The molecule has 1 aliphatic heterocycles. The minimum Gasteiger partial charge on any atom is -0.371 e. The van der Waals surface area contributed by atoms with Crippen LogP contribution in [0, 0.1) is 12.7 Å². The van der Waals surface area contributed by atoms with Gasteiger partial charge in [0, 0.05) is 20.5 Å². The van der Waals surface area contributed by atoms with E-state index < -0.39 is 31.0 Å². The lowest BCUT2D eigenvalue weighted by Gasteiger charge is -2.34. The number of imidazole rings is 1. The second-order valence-corrected chi connectivity index (χ2v) is 8.90. The van der Waals surface area contributed by atoms with Crippen molar-refractivity contribution < 1.29 is 22.4 Å². The van der Waals surface area contributed by atoms with E-state index in [1.807, 2.05) is 0 Å². The van der Waals surface area contributed by atoms with E-state index in [9.17, 15) is 18.0 Å². The molecule has 0 radical (unpaired) electrons. The third kappa shape index (κ3) is 4.51. The molecule has 5 heterocycles.